The van der Waals surface area contributed by atoms with Crippen LogP contribution in [0.15, 0.2) is 71.2 Å². The summed E-state index contributed by atoms with van der Waals surface area (Å²) in [6.07, 6.45) is -0.666. The van der Waals surface area contributed by atoms with Crippen LogP contribution in [0.25, 0.3) is 11.1 Å². The molecule has 1 aliphatic heterocycles. The summed E-state index contributed by atoms with van der Waals surface area (Å²) in [5.74, 6) is -1.88. The molecule has 3 aromatic carbocycles. The van der Waals surface area contributed by atoms with Gasteiger partial charge in [0.2, 0.25) is 0 Å². The Morgan fingerprint density at radius 2 is 1.59 bits per heavy atom. The minimum Gasteiger partial charge on any atom is -0.481 e. The number of nitrogens with zero attached hydrogens (tertiary/aromatic N) is 1. The van der Waals surface area contributed by atoms with Crippen LogP contribution < -0.4 is 5.32 Å². The Labute approximate surface area is 204 Å². The highest BCUT2D eigenvalue weighted by molar-refractivity contribution is 9.10. The number of aliphatic carboxylic acids is 1. The van der Waals surface area contributed by atoms with E-state index in [-0.39, 0.29) is 37.1 Å². The van der Waals surface area contributed by atoms with E-state index in [1.165, 1.54) is 4.90 Å². The Morgan fingerprint density at radius 3 is 2.21 bits per heavy atom. The van der Waals surface area contributed by atoms with Gasteiger partial charge in [-0.1, -0.05) is 64.5 Å². The quantitative estimate of drug-likeness (QED) is 0.495. The Kier molecular flexibility index (Phi) is 5.83. The van der Waals surface area contributed by atoms with Crippen molar-refractivity contribution in [2.24, 2.45) is 5.92 Å². The maximum absolute atomic E-state index is 12.9. The fourth-order valence-corrected chi connectivity index (χ4v) is 4.88. The van der Waals surface area contributed by atoms with Crippen LogP contribution in [0.4, 0.5) is 10.5 Å². The zero-order valence-corrected chi connectivity index (χ0v) is 19.6. The van der Waals surface area contributed by atoms with Crippen molar-refractivity contribution in [1.82, 2.24) is 4.90 Å². The Hall–Kier alpha value is -3.65. The third-order valence-electron chi connectivity index (χ3n) is 6.31. The van der Waals surface area contributed by atoms with Crippen molar-refractivity contribution in [3.05, 3.63) is 87.9 Å². The highest BCUT2D eigenvalue weighted by Gasteiger charge is 2.37. The fourth-order valence-electron chi connectivity index (χ4n) is 4.52. The molecule has 0 bridgehead atoms. The van der Waals surface area contributed by atoms with Crippen LogP contribution in [-0.2, 0) is 9.53 Å². The summed E-state index contributed by atoms with van der Waals surface area (Å²) in [4.78, 5) is 38.1. The van der Waals surface area contributed by atoms with Crippen LogP contribution in [-0.4, -0.2) is 47.7 Å². The molecule has 2 N–H and O–H groups in total. The smallest absolute Gasteiger partial charge is 0.411 e. The number of carboxylic acid groups (broad SMARTS) is 1. The zero-order chi connectivity index (χ0) is 23.8. The second-order valence-electron chi connectivity index (χ2n) is 8.39. The number of likely N-dealkylation sites (tertiary alicyclic amines) is 1. The van der Waals surface area contributed by atoms with E-state index in [2.05, 4.69) is 33.4 Å². The summed E-state index contributed by atoms with van der Waals surface area (Å²) in [6.45, 7) is 0.451. The number of anilines is 1. The molecule has 5 rings (SSSR count). The molecule has 34 heavy (non-hydrogen) atoms. The van der Waals surface area contributed by atoms with Gasteiger partial charge in [0.05, 0.1) is 17.2 Å². The van der Waals surface area contributed by atoms with Crippen LogP contribution >= 0.6 is 15.9 Å². The summed E-state index contributed by atoms with van der Waals surface area (Å²) < 4.78 is 6.28. The third-order valence-corrected chi connectivity index (χ3v) is 6.80. The molecule has 0 saturated carbocycles. The molecule has 0 aromatic heterocycles. The van der Waals surface area contributed by atoms with Crippen LogP contribution in [0.3, 0.4) is 0 Å². The molecule has 0 atom stereocenters. The predicted octanol–water partition coefficient (Wildman–Crippen LogP) is 4.97. The Bertz CT molecular complexity index is 1260. The molecule has 0 radical (unpaired) electrons. The Balaban J connectivity index is 1.29. The van der Waals surface area contributed by atoms with Gasteiger partial charge in [0.15, 0.2) is 0 Å². The number of hydrogen-bond acceptors (Lipinski definition) is 4. The van der Waals surface area contributed by atoms with Crippen molar-refractivity contribution < 1.29 is 24.2 Å². The normalized spacial score (nSPS) is 14.7. The molecule has 8 heteroatoms. The van der Waals surface area contributed by atoms with Gasteiger partial charge in [-0.05, 0) is 40.5 Å². The number of amides is 2. The lowest BCUT2D eigenvalue weighted by molar-refractivity contribution is -0.146. The van der Waals surface area contributed by atoms with Crippen molar-refractivity contribution in [3.63, 3.8) is 0 Å². The summed E-state index contributed by atoms with van der Waals surface area (Å²) in [6, 6.07) is 21.1. The molecule has 1 heterocycles. The number of nitrogens with one attached hydrogen (secondary N) is 1. The molecule has 0 spiro atoms. The van der Waals surface area contributed by atoms with E-state index in [0.717, 1.165) is 22.3 Å². The number of fused-ring (bicyclic) bond motifs is 3. The molecule has 3 aromatic rings. The Morgan fingerprint density at radius 1 is 0.971 bits per heavy atom. The van der Waals surface area contributed by atoms with E-state index < -0.39 is 18.0 Å². The average Bonchev–Trinajstić information content (AvgIpc) is 3.10. The molecule has 7 nitrogen and oxygen atoms in total. The second-order valence-corrected chi connectivity index (χ2v) is 9.30. The minimum atomic E-state index is -0.920. The summed E-state index contributed by atoms with van der Waals surface area (Å²) in [7, 11) is 0. The van der Waals surface area contributed by atoms with Gasteiger partial charge in [0.25, 0.3) is 5.91 Å². The first-order valence-electron chi connectivity index (χ1n) is 10.9. The van der Waals surface area contributed by atoms with E-state index >= 15 is 0 Å². The number of halogens is 1. The fraction of sp³-hybridized carbons (Fsp3) is 0.192. The van der Waals surface area contributed by atoms with E-state index in [4.69, 9.17) is 9.84 Å². The topological polar surface area (TPSA) is 95.9 Å². The van der Waals surface area contributed by atoms with Gasteiger partial charge in [-0.2, -0.15) is 0 Å². The number of hydrogen-bond donors (Lipinski definition) is 2. The maximum atomic E-state index is 12.9. The molecule has 1 aliphatic carbocycles. The molecule has 0 unspecified atom stereocenters. The number of benzene rings is 3. The van der Waals surface area contributed by atoms with Crippen molar-refractivity contribution in [2.45, 2.75) is 5.92 Å². The third kappa shape index (κ3) is 4.05. The number of ether oxygens (including phenoxy) is 1. The van der Waals surface area contributed by atoms with E-state index in [0.29, 0.717) is 10.2 Å². The lowest BCUT2D eigenvalue weighted by Gasteiger charge is -2.37. The van der Waals surface area contributed by atoms with Crippen molar-refractivity contribution >= 4 is 39.6 Å². The summed E-state index contributed by atoms with van der Waals surface area (Å²) in [5.41, 5.74) is 5.08. The average molecular weight is 521 g/mol. The summed E-state index contributed by atoms with van der Waals surface area (Å²) in [5, 5.41) is 11.8. The first-order chi connectivity index (χ1) is 16.4. The monoisotopic (exact) mass is 520 g/mol. The van der Waals surface area contributed by atoms with Crippen molar-refractivity contribution in [1.29, 1.82) is 0 Å². The number of carbonyl (C=O) groups excluding carboxylic acids is 2. The SMILES string of the molecule is O=C(Nc1cc(Br)ccc1C(=O)N1CC(C(=O)O)C1)OCC1c2ccccc2-c2ccccc21. The second kappa shape index (κ2) is 8.95. The van der Waals surface area contributed by atoms with E-state index in [1.54, 1.807) is 18.2 Å². The summed E-state index contributed by atoms with van der Waals surface area (Å²) >= 11 is 3.37. The highest BCUT2D eigenvalue weighted by Crippen LogP contribution is 2.44. The van der Waals surface area contributed by atoms with Gasteiger partial charge in [0, 0.05) is 23.5 Å². The molecule has 172 valence electrons. The van der Waals surface area contributed by atoms with Crippen LogP contribution in [0.2, 0.25) is 0 Å². The largest absolute Gasteiger partial charge is 0.481 e. The molecule has 2 aliphatic rings. The first kappa shape index (κ1) is 22.2. The van der Waals surface area contributed by atoms with E-state index in [1.807, 2.05) is 36.4 Å². The van der Waals surface area contributed by atoms with E-state index in [9.17, 15) is 14.4 Å². The van der Waals surface area contributed by atoms with Crippen LogP contribution in [0, 0.1) is 5.92 Å². The van der Waals surface area contributed by atoms with Gasteiger partial charge in [0.1, 0.15) is 6.61 Å². The number of rotatable bonds is 5. The molecule has 1 fully saturated rings. The van der Waals surface area contributed by atoms with Gasteiger partial charge in [-0.25, -0.2) is 4.79 Å². The van der Waals surface area contributed by atoms with Gasteiger partial charge in [-0.3, -0.25) is 14.9 Å². The number of carbonyl (C=O) groups is 3. The molecule has 1 saturated heterocycles. The zero-order valence-electron chi connectivity index (χ0n) is 18.0. The van der Waals surface area contributed by atoms with Crippen molar-refractivity contribution in [3.8, 4) is 11.1 Å². The van der Waals surface area contributed by atoms with Crippen LogP contribution in [0.1, 0.15) is 27.4 Å². The van der Waals surface area contributed by atoms with Crippen molar-refractivity contribution in [2.75, 3.05) is 25.0 Å². The highest BCUT2D eigenvalue weighted by atomic mass is 79.9. The maximum Gasteiger partial charge on any atom is 0.411 e. The first-order valence-corrected chi connectivity index (χ1v) is 11.7. The minimum absolute atomic E-state index is 0.0733. The number of carboxylic acids is 1. The molecular formula is C26H21BrN2O5. The molecule has 2 amide bonds. The van der Waals surface area contributed by atoms with Crippen LogP contribution in [0.5, 0.6) is 0 Å². The van der Waals surface area contributed by atoms with Gasteiger partial charge < -0.3 is 14.7 Å². The molecular weight excluding hydrogens is 500 g/mol. The standard InChI is InChI=1S/C26H21BrN2O5/c27-16-9-10-21(24(30)29-12-15(13-29)25(31)32)23(11-16)28-26(33)34-14-22-19-7-3-1-5-17(19)18-6-2-4-8-20(18)22/h1-11,15,22H,12-14H2,(H,28,33)(H,31,32). The van der Waals surface area contributed by atoms with Gasteiger partial charge in [-0.15, -0.1) is 0 Å². The predicted molar refractivity (Wildman–Crippen MR) is 130 cm³/mol. The lowest BCUT2D eigenvalue weighted by Crippen LogP contribution is -2.53. The lowest BCUT2D eigenvalue weighted by atomic mass is 9.98. The van der Waals surface area contributed by atoms with Gasteiger partial charge >= 0.3 is 12.1 Å².